The number of carbonyl (C=O) groups is 2. The van der Waals surface area contributed by atoms with Crippen LogP contribution in [0, 0.1) is 25.6 Å². The average Bonchev–Trinajstić information content (AvgIpc) is 2.95. The van der Waals surface area contributed by atoms with Crippen LogP contribution in [0.2, 0.25) is 0 Å². The molecule has 0 atom stereocenters. The lowest BCUT2D eigenvalue weighted by atomic mass is 10.0. The fourth-order valence-electron chi connectivity index (χ4n) is 3.92. The molecule has 0 saturated carbocycles. The van der Waals surface area contributed by atoms with E-state index < -0.39 is 0 Å². The Morgan fingerprint density at radius 2 is 1.80 bits per heavy atom. The minimum absolute atomic E-state index is 0.0175. The summed E-state index contributed by atoms with van der Waals surface area (Å²) in [5.41, 5.74) is 3.45. The predicted molar refractivity (Wildman–Crippen MR) is 114 cm³/mol. The summed E-state index contributed by atoms with van der Waals surface area (Å²) in [5, 5.41) is 7.59. The van der Waals surface area contributed by atoms with Gasteiger partial charge in [-0.05, 0) is 56.9 Å². The molecule has 162 valence electrons. The molecular formula is C23H31FN4O2. The van der Waals surface area contributed by atoms with Gasteiger partial charge in [-0.1, -0.05) is 13.8 Å². The van der Waals surface area contributed by atoms with Crippen molar-refractivity contribution >= 4 is 11.8 Å². The third kappa shape index (κ3) is 5.26. The molecule has 30 heavy (non-hydrogen) atoms. The maximum absolute atomic E-state index is 13.0. The number of carbonyl (C=O) groups excluding carboxylic acids is 2. The van der Waals surface area contributed by atoms with E-state index in [9.17, 15) is 14.0 Å². The molecule has 0 bridgehead atoms. The van der Waals surface area contributed by atoms with Crippen molar-refractivity contribution in [2.75, 3.05) is 13.1 Å². The number of aryl methyl sites for hydroxylation is 1. The summed E-state index contributed by atoms with van der Waals surface area (Å²) < 4.78 is 15.0. The molecule has 1 aromatic heterocycles. The average molecular weight is 415 g/mol. The van der Waals surface area contributed by atoms with E-state index >= 15 is 0 Å². The number of rotatable bonds is 6. The molecule has 1 N–H and O–H groups in total. The van der Waals surface area contributed by atoms with Crippen molar-refractivity contribution in [2.24, 2.45) is 5.92 Å². The van der Waals surface area contributed by atoms with Crippen molar-refractivity contribution in [1.82, 2.24) is 20.0 Å². The zero-order valence-electron chi connectivity index (χ0n) is 18.2. The predicted octanol–water partition coefficient (Wildman–Crippen LogP) is 3.26. The second kappa shape index (κ2) is 9.41. The van der Waals surface area contributed by atoms with Gasteiger partial charge in [0, 0.05) is 42.5 Å². The van der Waals surface area contributed by atoms with Crippen LogP contribution in [-0.2, 0) is 17.8 Å². The Morgan fingerprint density at radius 3 is 2.40 bits per heavy atom. The van der Waals surface area contributed by atoms with Crippen LogP contribution in [0.1, 0.15) is 54.0 Å². The highest BCUT2D eigenvalue weighted by atomic mass is 19.1. The number of hydrogen-bond donors (Lipinski definition) is 1. The van der Waals surface area contributed by atoms with Gasteiger partial charge in [0.05, 0.1) is 12.1 Å². The molecule has 1 saturated heterocycles. The highest BCUT2D eigenvalue weighted by Crippen LogP contribution is 2.18. The zero-order valence-corrected chi connectivity index (χ0v) is 18.2. The monoisotopic (exact) mass is 414 g/mol. The third-order valence-electron chi connectivity index (χ3n) is 5.69. The topological polar surface area (TPSA) is 67.2 Å². The number of nitrogens with zero attached hydrogens (tertiary/aromatic N) is 3. The maximum atomic E-state index is 13.0. The largest absolute Gasteiger partial charge is 0.349 e. The Kier molecular flexibility index (Phi) is 6.90. The summed E-state index contributed by atoms with van der Waals surface area (Å²) in [4.78, 5) is 27.0. The van der Waals surface area contributed by atoms with Crippen LogP contribution in [0.3, 0.4) is 0 Å². The molecule has 1 fully saturated rings. The molecule has 2 aromatic rings. The van der Waals surface area contributed by atoms with Crippen LogP contribution in [0.4, 0.5) is 4.39 Å². The molecule has 1 aliphatic heterocycles. The number of aromatic nitrogens is 2. The van der Waals surface area contributed by atoms with Gasteiger partial charge >= 0.3 is 0 Å². The Bertz CT molecular complexity index is 897. The Labute approximate surface area is 177 Å². The van der Waals surface area contributed by atoms with E-state index in [4.69, 9.17) is 0 Å². The molecule has 1 aromatic carbocycles. The van der Waals surface area contributed by atoms with Crippen LogP contribution in [-0.4, -0.2) is 45.6 Å². The minimum Gasteiger partial charge on any atom is -0.349 e. The molecule has 6 nitrogen and oxygen atoms in total. The third-order valence-corrected chi connectivity index (χ3v) is 5.69. The fourth-order valence-corrected chi connectivity index (χ4v) is 3.92. The Hall–Kier alpha value is -2.70. The summed E-state index contributed by atoms with van der Waals surface area (Å²) in [6.45, 7) is 10.4. The smallest absolute Gasteiger partial charge is 0.251 e. The van der Waals surface area contributed by atoms with E-state index in [0.717, 1.165) is 23.5 Å². The number of benzene rings is 1. The number of amides is 2. The van der Waals surface area contributed by atoms with Crippen molar-refractivity contribution in [2.45, 2.75) is 59.5 Å². The number of nitrogens with one attached hydrogen (secondary N) is 1. The molecule has 0 aliphatic carbocycles. The summed E-state index contributed by atoms with van der Waals surface area (Å²) in [6.07, 6.45) is 1.79. The van der Waals surface area contributed by atoms with Gasteiger partial charge in [0.15, 0.2) is 0 Å². The highest BCUT2D eigenvalue weighted by Gasteiger charge is 2.25. The van der Waals surface area contributed by atoms with E-state index in [1.165, 1.54) is 24.3 Å². The maximum Gasteiger partial charge on any atom is 0.251 e. The number of likely N-dealkylation sites (tertiary alicyclic amines) is 1. The van der Waals surface area contributed by atoms with E-state index in [1.807, 2.05) is 23.4 Å². The Morgan fingerprint density at radius 1 is 1.17 bits per heavy atom. The van der Waals surface area contributed by atoms with Gasteiger partial charge in [-0.25, -0.2) is 4.39 Å². The first-order valence-corrected chi connectivity index (χ1v) is 10.6. The first-order valence-electron chi connectivity index (χ1n) is 10.6. The molecule has 3 rings (SSSR count). The standard InChI is InChI=1S/C23H31FN4O2/c1-15(2)14-28-17(4)21(16(3)26-28)13-22(29)27-11-9-20(10-12-27)25-23(30)18-5-7-19(24)8-6-18/h5-8,15,20H,9-14H2,1-4H3,(H,25,30). The summed E-state index contributed by atoms with van der Waals surface area (Å²) in [6, 6.07) is 5.54. The second-order valence-corrected chi connectivity index (χ2v) is 8.54. The van der Waals surface area contributed by atoms with Crippen molar-refractivity contribution in [1.29, 1.82) is 0 Å². The SMILES string of the molecule is Cc1nn(CC(C)C)c(C)c1CC(=O)N1CCC(NC(=O)c2ccc(F)cc2)CC1. The number of piperidine rings is 1. The van der Waals surface area contributed by atoms with E-state index in [0.29, 0.717) is 43.8 Å². The quantitative estimate of drug-likeness (QED) is 0.789. The molecule has 7 heteroatoms. The van der Waals surface area contributed by atoms with Gasteiger partial charge in [0.1, 0.15) is 5.82 Å². The molecule has 2 amide bonds. The van der Waals surface area contributed by atoms with Crippen molar-refractivity contribution in [3.63, 3.8) is 0 Å². The van der Waals surface area contributed by atoms with E-state index in [1.54, 1.807) is 0 Å². The van der Waals surface area contributed by atoms with Gasteiger partial charge in [-0.2, -0.15) is 5.10 Å². The van der Waals surface area contributed by atoms with Crippen molar-refractivity contribution in [3.05, 3.63) is 52.6 Å². The lowest BCUT2D eigenvalue weighted by Crippen LogP contribution is -2.47. The van der Waals surface area contributed by atoms with Crippen molar-refractivity contribution < 1.29 is 14.0 Å². The number of hydrogen-bond acceptors (Lipinski definition) is 3. The molecule has 0 radical (unpaired) electrons. The summed E-state index contributed by atoms with van der Waals surface area (Å²) in [5.74, 6) is 0.0338. The summed E-state index contributed by atoms with van der Waals surface area (Å²) in [7, 11) is 0. The zero-order chi connectivity index (χ0) is 21.8. The molecule has 1 aliphatic rings. The highest BCUT2D eigenvalue weighted by molar-refractivity contribution is 5.94. The first kappa shape index (κ1) is 22.0. The molecule has 0 unspecified atom stereocenters. The molecular weight excluding hydrogens is 383 g/mol. The summed E-state index contributed by atoms with van der Waals surface area (Å²) >= 11 is 0. The van der Waals surface area contributed by atoms with Crippen molar-refractivity contribution in [3.8, 4) is 0 Å². The molecule has 2 heterocycles. The normalized spacial score (nSPS) is 14.9. The van der Waals surface area contributed by atoms with Gasteiger partial charge in [-0.15, -0.1) is 0 Å². The van der Waals surface area contributed by atoms with E-state index in [-0.39, 0.29) is 23.7 Å². The van der Waals surface area contributed by atoms with Gasteiger partial charge < -0.3 is 10.2 Å². The van der Waals surface area contributed by atoms with Crippen LogP contribution >= 0.6 is 0 Å². The van der Waals surface area contributed by atoms with Gasteiger partial charge in [-0.3, -0.25) is 14.3 Å². The van der Waals surface area contributed by atoms with Crippen LogP contribution in [0.15, 0.2) is 24.3 Å². The van der Waals surface area contributed by atoms with Gasteiger partial charge in [0.2, 0.25) is 5.91 Å². The number of halogens is 1. The van der Waals surface area contributed by atoms with Crippen LogP contribution < -0.4 is 5.32 Å². The minimum atomic E-state index is -0.362. The first-order chi connectivity index (χ1) is 14.2. The van der Waals surface area contributed by atoms with Crippen LogP contribution in [0.25, 0.3) is 0 Å². The molecule has 0 spiro atoms. The Balaban J connectivity index is 1.52. The van der Waals surface area contributed by atoms with E-state index in [2.05, 4.69) is 24.3 Å². The lowest BCUT2D eigenvalue weighted by Gasteiger charge is -2.32. The van der Waals surface area contributed by atoms with Gasteiger partial charge in [0.25, 0.3) is 5.91 Å². The van der Waals surface area contributed by atoms with Crippen LogP contribution in [0.5, 0.6) is 0 Å². The second-order valence-electron chi connectivity index (χ2n) is 8.54. The lowest BCUT2D eigenvalue weighted by molar-refractivity contribution is -0.131. The fraction of sp³-hybridized carbons (Fsp3) is 0.522.